The quantitative estimate of drug-likeness (QED) is 0.348. The number of anilines is 1. The third kappa shape index (κ3) is 5.24. The number of hydrogen-bond donors (Lipinski definition) is 0. The smallest absolute Gasteiger partial charge is 0.318 e. The Kier molecular flexibility index (Phi) is 7.87. The van der Waals surface area contributed by atoms with Gasteiger partial charge in [-0.3, -0.25) is 14.4 Å². The standard InChI is InChI=1S/C34H39ClF3N7O3/c1-42(2)31(46)28-27(35)26-17-43(10-4-12-45(26)41-28)30-23-18-48-34(9-7-20-5-6-21(29(37)38)13-24(20)34)15-25(23)39-32(40-30)47-19-33-8-3-11-44(33)16-22(36)14-33/h5-6,13,22,29H,3-4,7-12,14-19H2,1-2H3/t22-,33+,34?/m1/s1. The zero-order valence-electron chi connectivity index (χ0n) is 27.2. The van der Waals surface area contributed by atoms with Crippen molar-refractivity contribution in [3.05, 3.63) is 62.6 Å². The molecule has 4 aliphatic heterocycles. The van der Waals surface area contributed by atoms with Crippen molar-refractivity contribution in [3.63, 3.8) is 0 Å². The number of nitrogens with zero attached hydrogens (tertiary/aromatic N) is 7. The lowest BCUT2D eigenvalue weighted by Crippen LogP contribution is -2.43. The number of carbonyl (C=O) groups is 1. The molecule has 10 nitrogen and oxygen atoms in total. The summed E-state index contributed by atoms with van der Waals surface area (Å²) in [6.07, 6.45) is 1.29. The van der Waals surface area contributed by atoms with Crippen LogP contribution in [0.5, 0.6) is 6.01 Å². The number of carbonyl (C=O) groups excluding carboxylic acids is 1. The molecule has 1 unspecified atom stereocenters. The summed E-state index contributed by atoms with van der Waals surface area (Å²) >= 11 is 6.80. The predicted octanol–water partition coefficient (Wildman–Crippen LogP) is 5.25. The Labute approximate surface area is 282 Å². The van der Waals surface area contributed by atoms with Gasteiger partial charge in [0.05, 0.1) is 40.7 Å². The lowest BCUT2D eigenvalue weighted by atomic mass is 9.86. The summed E-state index contributed by atoms with van der Waals surface area (Å²) in [5.74, 6) is 0.377. The van der Waals surface area contributed by atoms with Gasteiger partial charge in [0, 0.05) is 57.7 Å². The van der Waals surface area contributed by atoms with E-state index in [-0.39, 0.29) is 41.9 Å². The summed E-state index contributed by atoms with van der Waals surface area (Å²) in [6.45, 7) is 3.30. The van der Waals surface area contributed by atoms with Crippen molar-refractivity contribution in [1.29, 1.82) is 0 Å². The Morgan fingerprint density at radius 2 is 2.04 bits per heavy atom. The predicted molar refractivity (Wildman–Crippen MR) is 171 cm³/mol. The second-order valence-electron chi connectivity index (χ2n) is 14.1. The summed E-state index contributed by atoms with van der Waals surface area (Å²) < 4.78 is 57.0. The Bertz CT molecular complexity index is 1770. The maximum Gasteiger partial charge on any atom is 0.318 e. The number of aromatic nitrogens is 4. The second kappa shape index (κ2) is 11.9. The van der Waals surface area contributed by atoms with E-state index in [1.165, 1.54) is 11.0 Å². The largest absolute Gasteiger partial charge is 0.461 e. The summed E-state index contributed by atoms with van der Waals surface area (Å²) in [5.41, 5.74) is 3.10. The minimum absolute atomic E-state index is 0.0231. The van der Waals surface area contributed by atoms with Gasteiger partial charge in [-0.25, -0.2) is 13.2 Å². The van der Waals surface area contributed by atoms with E-state index in [2.05, 4.69) is 14.9 Å². The van der Waals surface area contributed by atoms with Crippen LogP contribution in [0.4, 0.5) is 19.0 Å². The maximum absolute atomic E-state index is 14.6. The molecule has 256 valence electrons. The topological polar surface area (TPSA) is 88.9 Å². The molecule has 8 rings (SSSR count). The number of amides is 1. The molecule has 14 heteroatoms. The van der Waals surface area contributed by atoms with Gasteiger partial charge >= 0.3 is 6.01 Å². The monoisotopic (exact) mass is 685 g/mol. The Morgan fingerprint density at radius 1 is 1.19 bits per heavy atom. The summed E-state index contributed by atoms with van der Waals surface area (Å²) in [6, 6.07) is 5.07. The van der Waals surface area contributed by atoms with Gasteiger partial charge in [0.1, 0.15) is 18.6 Å². The molecule has 1 aliphatic carbocycles. The van der Waals surface area contributed by atoms with Crippen molar-refractivity contribution in [2.24, 2.45) is 0 Å². The van der Waals surface area contributed by atoms with E-state index in [9.17, 15) is 18.0 Å². The number of hydrogen-bond acceptors (Lipinski definition) is 8. The fourth-order valence-electron chi connectivity index (χ4n) is 8.48. The first-order chi connectivity index (χ1) is 23.1. The first-order valence-corrected chi connectivity index (χ1v) is 17.1. The highest BCUT2D eigenvalue weighted by atomic mass is 35.5. The number of aryl methyl sites for hydroxylation is 2. The average Bonchev–Trinajstić information content (AvgIpc) is 3.74. The Balaban J connectivity index is 1.17. The molecular weight excluding hydrogens is 647 g/mol. The molecule has 1 amide bonds. The third-order valence-corrected chi connectivity index (χ3v) is 11.3. The van der Waals surface area contributed by atoms with E-state index in [0.29, 0.717) is 62.0 Å². The van der Waals surface area contributed by atoms with Crippen LogP contribution in [-0.2, 0) is 42.9 Å². The van der Waals surface area contributed by atoms with Gasteiger partial charge in [0.25, 0.3) is 12.3 Å². The van der Waals surface area contributed by atoms with E-state index >= 15 is 0 Å². The van der Waals surface area contributed by atoms with Gasteiger partial charge in [-0.05, 0) is 55.8 Å². The first-order valence-electron chi connectivity index (χ1n) is 16.7. The van der Waals surface area contributed by atoms with Crippen molar-refractivity contribution in [2.45, 2.75) is 88.4 Å². The summed E-state index contributed by atoms with van der Waals surface area (Å²) in [4.78, 5) is 28.5. The van der Waals surface area contributed by atoms with Gasteiger partial charge in [-0.15, -0.1) is 0 Å². The molecular formula is C34H39ClF3N7O3. The molecule has 48 heavy (non-hydrogen) atoms. The van der Waals surface area contributed by atoms with Gasteiger partial charge in [-0.2, -0.15) is 15.1 Å². The highest BCUT2D eigenvalue weighted by Crippen LogP contribution is 2.48. The van der Waals surface area contributed by atoms with E-state index in [0.717, 1.165) is 54.6 Å². The van der Waals surface area contributed by atoms with Crippen LogP contribution in [0.15, 0.2) is 18.2 Å². The Morgan fingerprint density at radius 3 is 2.85 bits per heavy atom. The third-order valence-electron chi connectivity index (χ3n) is 10.9. The molecule has 5 aliphatic rings. The van der Waals surface area contributed by atoms with Crippen molar-refractivity contribution in [1.82, 2.24) is 29.5 Å². The molecule has 3 atom stereocenters. The number of fused-ring (bicyclic) bond motifs is 5. The van der Waals surface area contributed by atoms with Crippen LogP contribution in [0.1, 0.15) is 82.7 Å². The van der Waals surface area contributed by atoms with Gasteiger partial charge in [-0.1, -0.05) is 23.7 Å². The van der Waals surface area contributed by atoms with Crippen molar-refractivity contribution in [3.8, 4) is 6.01 Å². The van der Waals surface area contributed by atoms with Crippen LogP contribution < -0.4 is 9.64 Å². The zero-order valence-corrected chi connectivity index (χ0v) is 27.9. The number of rotatable bonds is 6. The number of halogens is 4. The van der Waals surface area contributed by atoms with Crippen molar-refractivity contribution < 1.29 is 27.4 Å². The highest BCUT2D eigenvalue weighted by Gasteiger charge is 2.50. The molecule has 1 spiro atoms. The first kappa shape index (κ1) is 31.8. The molecule has 0 N–H and O–H groups in total. The second-order valence-corrected chi connectivity index (χ2v) is 14.5. The summed E-state index contributed by atoms with van der Waals surface area (Å²) in [5, 5.41) is 4.87. The van der Waals surface area contributed by atoms with Crippen LogP contribution in [0.25, 0.3) is 0 Å². The van der Waals surface area contributed by atoms with Crippen molar-refractivity contribution >= 4 is 23.3 Å². The molecule has 2 saturated heterocycles. The van der Waals surface area contributed by atoms with Gasteiger partial charge in [0.15, 0.2) is 5.69 Å². The van der Waals surface area contributed by atoms with E-state index < -0.39 is 18.2 Å². The molecule has 0 bridgehead atoms. The van der Waals surface area contributed by atoms with Crippen LogP contribution in [0, 0.1) is 0 Å². The molecule has 1 aromatic carbocycles. The van der Waals surface area contributed by atoms with Crippen LogP contribution in [-0.4, -0.2) is 87.5 Å². The van der Waals surface area contributed by atoms with Gasteiger partial charge in [0.2, 0.25) is 0 Å². The summed E-state index contributed by atoms with van der Waals surface area (Å²) in [7, 11) is 3.33. The van der Waals surface area contributed by atoms with E-state index in [1.54, 1.807) is 30.9 Å². The lowest BCUT2D eigenvalue weighted by molar-refractivity contribution is -0.0731. The van der Waals surface area contributed by atoms with Crippen LogP contribution in [0.2, 0.25) is 5.02 Å². The molecule has 3 aromatic rings. The molecule has 2 fully saturated rings. The fourth-order valence-corrected chi connectivity index (χ4v) is 8.76. The normalized spacial score (nSPS) is 26.4. The molecule has 0 radical (unpaired) electrons. The molecule has 2 aromatic heterocycles. The number of alkyl halides is 3. The SMILES string of the molecule is CN(C)C(=O)c1nn2c(c1Cl)CN(c1nc(OC[C@@]34CCCN3C[C@H](F)C4)nc3c1COC1(CCc4ccc(C(F)F)cc41)C3)CCC2. The van der Waals surface area contributed by atoms with Crippen molar-refractivity contribution in [2.75, 3.05) is 45.2 Å². The minimum atomic E-state index is -2.58. The number of ether oxygens (including phenoxy) is 2. The van der Waals surface area contributed by atoms with Crippen LogP contribution >= 0.6 is 11.6 Å². The van der Waals surface area contributed by atoms with E-state index in [1.807, 2.05) is 0 Å². The Hall–Kier alpha value is -3.42. The maximum atomic E-state index is 14.6. The zero-order chi connectivity index (χ0) is 33.4. The number of benzene rings is 1. The highest BCUT2D eigenvalue weighted by molar-refractivity contribution is 6.34. The minimum Gasteiger partial charge on any atom is -0.461 e. The average molecular weight is 686 g/mol. The molecule has 6 heterocycles. The van der Waals surface area contributed by atoms with Crippen LogP contribution in [0.3, 0.4) is 0 Å². The van der Waals surface area contributed by atoms with Gasteiger partial charge < -0.3 is 19.3 Å². The molecule has 0 saturated carbocycles. The fraction of sp³-hybridized carbons (Fsp3) is 0.588. The lowest BCUT2D eigenvalue weighted by Gasteiger charge is -2.37. The van der Waals surface area contributed by atoms with E-state index in [4.69, 9.17) is 31.0 Å².